The minimum Gasteiger partial charge on any atom is -0.495 e. The van der Waals surface area contributed by atoms with Gasteiger partial charge in [-0.3, -0.25) is 9.78 Å². The maximum atomic E-state index is 12.0. The van der Waals surface area contributed by atoms with E-state index in [1.807, 2.05) is 68.6 Å². The van der Waals surface area contributed by atoms with E-state index in [1.165, 1.54) is 11.5 Å². The molecule has 1 amide bonds. The molecule has 0 spiro atoms. The highest BCUT2D eigenvalue weighted by atomic mass is 32.1. The Morgan fingerprint density at radius 1 is 1.10 bits per heavy atom. The molecule has 0 atom stereocenters. The number of pyridine rings is 1. The Morgan fingerprint density at radius 2 is 1.93 bits per heavy atom. The van der Waals surface area contributed by atoms with Crippen LogP contribution in [0, 0.1) is 5.92 Å². The third-order valence-electron chi connectivity index (χ3n) is 4.80. The predicted octanol–water partition coefficient (Wildman–Crippen LogP) is 5.21. The molecular weight excluding hydrogens is 396 g/mol. The summed E-state index contributed by atoms with van der Waals surface area (Å²) in [7, 11) is 1.60. The van der Waals surface area contributed by atoms with Crippen molar-refractivity contribution in [2.75, 3.05) is 18.2 Å². The number of nitrogen functional groups attached to an aromatic ring is 1. The molecule has 0 aliphatic carbocycles. The van der Waals surface area contributed by atoms with E-state index in [4.69, 9.17) is 10.5 Å². The number of hydrogen-bond acceptors (Lipinski definition) is 6. The van der Waals surface area contributed by atoms with Gasteiger partial charge in [0.1, 0.15) is 16.8 Å². The summed E-state index contributed by atoms with van der Waals surface area (Å²) in [5.41, 5.74) is 11.8. The van der Waals surface area contributed by atoms with Crippen LogP contribution in [0.2, 0.25) is 0 Å². The summed E-state index contributed by atoms with van der Waals surface area (Å²) in [5, 5.41) is 2.94. The largest absolute Gasteiger partial charge is 0.495 e. The molecule has 6 nitrogen and oxygen atoms in total. The van der Waals surface area contributed by atoms with E-state index < -0.39 is 0 Å². The molecule has 0 saturated carbocycles. The molecule has 4 aromatic rings. The van der Waals surface area contributed by atoms with Crippen molar-refractivity contribution in [3.63, 3.8) is 0 Å². The number of carbonyl (C=O) groups excluding carboxylic acids is 1. The second-order valence-corrected chi connectivity index (χ2v) is 8.06. The van der Waals surface area contributed by atoms with E-state index in [-0.39, 0.29) is 11.8 Å². The number of ether oxygens (including phenoxy) is 1. The molecule has 7 heteroatoms. The van der Waals surface area contributed by atoms with E-state index >= 15 is 0 Å². The molecule has 152 valence electrons. The van der Waals surface area contributed by atoms with Crippen LogP contribution in [-0.2, 0) is 4.79 Å². The number of fused-ring (bicyclic) bond motifs is 1. The van der Waals surface area contributed by atoms with Gasteiger partial charge in [-0.1, -0.05) is 32.0 Å². The maximum absolute atomic E-state index is 12.0. The number of anilines is 2. The number of methoxy groups -OCH3 is 1. The van der Waals surface area contributed by atoms with Crippen LogP contribution in [0.15, 0.2) is 54.7 Å². The first kappa shape index (κ1) is 19.8. The van der Waals surface area contributed by atoms with Gasteiger partial charge in [0.25, 0.3) is 0 Å². The summed E-state index contributed by atoms with van der Waals surface area (Å²) in [4.78, 5) is 17.7. The number of nitrogens with two attached hydrogens (primary N) is 1. The number of benzene rings is 2. The topological polar surface area (TPSA) is 90.1 Å². The molecular formula is C23H22N4O2S. The third kappa shape index (κ3) is 3.84. The summed E-state index contributed by atoms with van der Waals surface area (Å²) in [5.74, 6) is 0.541. The second kappa shape index (κ2) is 8.12. The summed E-state index contributed by atoms with van der Waals surface area (Å²) >= 11 is 1.39. The SMILES string of the molecule is COc1cc(-c2cnc3c(-c4cccc(NC(=O)C(C)C)c4)snc3c2)ccc1N. The first-order chi connectivity index (χ1) is 14.5. The average Bonchev–Trinajstić information content (AvgIpc) is 3.17. The van der Waals surface area contributed by atoms with Crippen molar-refractivity contribution < 1.29 is 9.53 Å². The van der Waals surface area contributed by atoms with Crippen molar-refractivity contribution >= 4 is 39.8 Å². The molecule has 30 heavy (non-hydrogen) atoms. The molecule has 0 aliphatic rings. The van der Waals surface area contributed by atoms with Gasteiger partial charge in [0.15, 0.2) is 0 Å². The summed E-state index contributed by atoms with van der Waals surface area (Å²) in [6.07, 6.45) is 1.83. The monoisotopic (exact) mass is 418 g/mol. The molecule has 0 bridgehead atoms. The maximum Gasteiger partial charge on any atom is 0.226 e. The van der Waals surface area contributed by atoms with E-state index in [2.05, 4.69) is 14.7 Å². The van der Waals surface area contributed by atoms with Gasteiger partial charge >= 0.3 is 0 Å². The Balaban J connectivity index is 1.69. The van der Waals surface area contributed by atoms with Crippen molar-refractivity contribution in [3.05, 3.63) is 54.7 Å². The summed E-state index contributed by atoms with van der Waals surface area (Å²) in [6.45, 7) is 3.74. The van der Waals surface area contributed by atoms with Crippen molar-refractivity contribution in [1.29, 1.82) is 0 Å². The molecule has 0 radical (unpaired) electrons. The highest BCUT2D eigenvalue weighted by molar-refractivity contribution is 7.11. The molecule has 3 N–H and O–H groups in total. The highest BCUT2D eigenvalue weighted by Crippen LogP contribution is 2.35. The van der Waals surface area contributed by atoms with Crippen LogP contribution in [0.3, 0.4) is 0 Å². The lowest BCUT2D eigenvalue weighted by Crippen LogP contribution is -2.17. The van der Waals surface area contributed by atoms with Crippen molar-refractivity contribution in [2.45, 2.75) is 13.8 Å². The lowest BCUT2D eigenvalue weighted by atomic mass is 10.1. The summed E-state index contributed by atoms with van der Waals surface area (Å²) in [6, 6.07) is 15.4. The van der Waals surface area contributed by atoms with Gasteiger partial charge < -0.3 is 15.8 Å². The van der Waals surface area contributed by atoms with Crippen LogP contribution in [0.1, 0.15) is 13.8 Å². The fourth-order valence-electron chi connectivity index (χ4n) is 3.10. The van der Waals surface area contributed by atoms with E-state index in [0.29, 0.717) is 11.4 Å². The van der Waals surface area contributed by atoms with E-state index in [9.17, 15) is 4.79 Å². The Morgan fingerprint density at radius 3 is 2.70 bits per heavy atom. The number of nitrogens with one attached hydrogen (secondary N) is 1. The molecule has 0 unspecified atom stereocenters. The molecule has 2 heterocycles. The number of hydrogen-bond donors (Lipinski definition) is 2. The minimum absolute atomic E-state index is 0.0111. The van der Waals surface area contributed by atoms with Gasteiger partial charge in [0.2, 0.25) is 5.91 Å². The molecule has 2 aromatic carbocycles. The Labute approximate surface area is 178 Å². The fourth-order valence-corrected chi connectivity index (χ4v) is 3.90. The van der Waals surface area contributed by atoms with Crippen molar-refractivity contribution in [3.8, 4) is 27.3 Å². The number of nitrogens with zero attached hydrogens (tertiary/aromatic N) is 2. The fraction of sp³-hybridized carbons (Fsp3) is 0.174. The quantitative estimate of drug-likeness (QED) is 0.434. The molecule has 0 saturated heterocycles. The zero-order valence-electron chi connectivity index (χ0n) is 17.0. The van der Waals surface area contributed by atoms with Gasteiger partial charge in [-0.2, -0.15) is 4.37 Å². The van der Waals surface area contributed by atoms with Crippen LogP contribution in [-0.4, -0.2) is 22.4 Å². The molecule has 0 fully saturated rings. The van der Waals surface area contributed by atoms with Gasteiger partial charge in [-0.25, -0.2) is 0 Å². The van der Waals surface area contributed by atoms with Crippen LogP contribution in [0.25, 0.3) is 32.6 Å². The first-order valence-corrected chi connectivity index (χ1v) is 10.3. The molecule has 0 aliphatic heterocycles. The Hall–Kier alpha value is -3.45. The smallest absolute Gasteiger partial charge is 0.226 e. The Bertz CT molecular complexity index is 1230. The van der Waals surface area contributed by atoms with Crippen LogP contribution in [0.5, 0.6) is 5.75 Å². The number of rotatable bonds is 5. The average molecular weight is 419 g/mol. The molecule has 2 aromatic heterocycles. The number of aromatic nitrogens is 2. The zero-order valence-corrected chi connectivity index (χ0v) is 17.8. The number of amides is 1. The summed E-state index contributed by atoms with van der Waals surface area (Å²) < 4.78 is 9.92. The van der Waals surface area contributed by atoms with Gasteiger partial charge in [0, 0.05) is 23.4 Å². The Kier molecular flexibility index (Phi) is 5.37. The van der Waals surface area contributed by atoms with Gasteiger partial charge in [-0.15, -0.1) is 0 Å². The van der Waals surface area contributed by atoms with E-state index in [1.54, 1.807) is 7.11 Å². The lowest BCUT2D eigenvalue weighted by Gasteiger charge is -2.09. The van der Waals surface area contributed by atoms with E-state index in [0.717, 1.165) is 38.3 Å². The van der Waals surface area contributed by atoms with Crippen molar-refractivity contribution in [2.24, 2.45) is 5.92 Å². The van der Waals surface area contributed by atoms with Gasteiger partial charge in [-0.05, 0) is 53.0 Å². The minimum atomic E-state index is -0.0788. The normalized spacial score (nSPS) is 11.1. The third-order valence-corrected chi connectivity index (χ3v) is 5.70. The van der Waals surface area contributed by atoms with Crippen LogP contribution in [0.4, 0.5) is 11.4 Å². The predicted molar refractivity (Wildman–Crippen MR) is 123 cm³/mol. The lowest BCUT2D eigenvalue weighted by molar-refractivity contribution is -0.118. The first-order valence-electron chi connectivity index (χ1n) is 9.57. The highest BCUT2D eigenvalue weighted by Gasteiger charge is 2.14. The van der Waals surface area contributed by atoms with Crippen molar-refractivity contribution in [1.82, 2.24) is 9.36 Å². The molecule has 4 rings (SSSR count). The second-order valence-electron chi connectivity index (χ2n) is 7.28. The standard InChI is InChI=1S/C23H22N4O2S/c1-13(2)23(28)26-17-6-4-5-15(9-17)22-21-19(27-30-22)10-16(12-25-21)14-7-8-18(24)20(11-14)29-3/h4-13H,24H2,1-3H3,(H,26,28). The number of carbonyl (C=O) groups is 1. The van der Waals surface area contributed by atoms with Crippen LogP contribution >= 0.6 is 11.5 Å². The zero-order chi connectivity index (χ0) is 21.3. The van der Waals surface area contributed by atoms with Crippen LogP contribution < -0.4 is 15.8 Å². The van der Waals surface area contributed by atoms with Gasteiger partial charge in [0.05, 0.1) is 17.7 Å².